The van der Waals surface area contributed by atoms with E-state index in [1.165, 1.54) is 25.7 Å². The van der Waals surface area contributed by atoms with Crippen LogP contribution in [0.3, 0.4) is 0 Å². The Kier molecular flexibility index (Phi) is 10.9. The molecule has 0 aliphatic heterocycles. The van der Waals surface area contributed by atoms with Crippen molar-refractivity contribution in [1.29, 1.82) is 0 Å². The summed E-state index contributed by atoms with van der Waals surface area (Å²) in [5.74, 6) is 0. The molecule has 0 radical (unpaired) electrons. The van der Waals surface area contributed by atoms with E-state index in [1.807, 2.05) is 6.08 Å². The van der Waals surface area contributed by atoms with E-state index in [2.05, 4.69) is 18.7 Å². The molecule has 0 rings (SSSR count). The Labute approximate surface area is 82.2 Å². The van der Waals surface area contributed by atoms with Crippen molar-refractivity contribution < 1.29 is 5.11 Å². The SMILES string of the molecule is C=CCCCCCC/C=C\CCO. The van der Waals surface area contributed by atoms with Gasteiger partial charge in [-0.3, -0.25) is 0 Å². The predicted molar refractivity (Wildman–Crippen MR) is 58.7 cm³/mol. The lowest BCUT2D eigenvalue weighted by Crippen LogP contribution is -1.78. The van der Waals surface area contributed by atoms with Crippen LogP contribution in [-0.2, 0) is 0 Å². The zero-order chi connectivity index (χ0) is 9.78. The van der Waals surface area contributed by atoms with Crippen molar-refractivity contribution in [1.82, 2.24) is 0 Å². The highest BCUT2D eigenvalue weighted by molar-refractivity contribution is 4.80. The summed E-state index contributed by atoms with van der Waals surface area (Å²) in [7, 11) is 0. The van der Waals surface area contributed by atoms with Crippen molar-refractivity contribution in [2.75, 3.05) is 6.61 Å². The van der Waals surface area contributed by atoms with E-state index in [1.54, 1.807) is 0 Å². The van der Waals surface area contributed by atoms with Gasteiger partial charge in [0.25, 0.3) is 0 Å². The summed E-state index contributed by atoms with van der Waals surface area (Å²) in [5, 5.41) is 8.51. The Bertz CT molecular complexity index is 127. The van der Waals surface area contributed by atoms with Gasteiger partial charge in [-0.25, -0.2) is 0 Å². The van der Waals surface area contributed by atoms with Crippen molar-refractivity contribution in [2.45, 2.75) is 44.9 Å². The summed E-state index contributed by atoms with van der Waals surface area (Å²) < 4.78 is 0. The van der Waals surface area contributed by atoms with E-state index < -0.39 is 0 Å². The van der Waals surface area contributed by atoms with Crippen molar-refractivity contribution in [2.24, 2.45) is 0 Å². The van der Waals surface area contributed by atoms with E-state index in [0.29, 0.717) is 0 Å². The fourth-order valence-corrected chi connectivity index (χ4v) is 1.21. The standard InChI is InChI=1S/C12H22O/c1-2-3-4-5-6-7-8-9-10-11-12-13/h2,9-10,13H,1,3-8,11-12H2/b10-9-. The molecular formula is C12H22O. The average molecular weight is 182 g/mol. The molecule has 1 N–H and O–H groups in total. The molecule has 0 aliphatic carbocycles. The molecule has 76 valence electrons. The highest BCUT2D eigenvalue weighted by atomic mass is 16.2. The van der Waals surface area contributed by atoms with Crippen LogP contribution in [0.25, 0.3) is 0 Å². The second-order valence-electron chi connectivity index (χ2n) is 3.26. The molecule has 0 saturated heterocycles. The van der Waals surface area contributed by atoms with Gasteiger partial charge in [-0.2, -0.15) is 0 Å². The molecule has 0 heterocycles. The fourth-order valence-electron chi connectivity index (χ4n) is 1.21. The second-order valence-corrected chi connectivity index (χ2v) is 3.26. The van der Waals surface area contributed by atoms with Gasteiger partial charge in [0.05, 0.1) is 0 Å². The Morgan fingerprint density at radius 2 is 1.46 bits per heavy atom. The number of rotatable bonds is 9. The molecule has 0 aromatic carbocycles. The van der Waals surface area contributed by atoms with Gasteiger partial charge in [0.1, 0.15) is 0 Å². The van der Waals surface area contributed by atoms with Crippen LogP contribution in [0.15, 0.2) is 24.8 Å². The van der Waals surface area contributed by atoms with Gasteiger partial charge in [-0.15, -0.1) is 6.58 Å². The van der Waals surface area contributed by atoms with Crippen molar-refractivity contribution in [3.05, 3.63) is 24.8 Å². The molecule has 0 aromatic rings. The first-order valence-corrected chi connectivity index (χ1v) is 5.28. The van der Waals surface area contributed by atoms with Gasteiger partial charge in [-0.1, -0.05) is 31.1 Å². The fraction of sp³-hybridized carbons (Fsp3) is 0.667. The summed E-state index contributed by atoms with van der Waals surface area (Å²) >= 11 is 0. The lowest BCUT2D eigenvalue weighted by atomic mass is 10.1. The van der Waals surface area contributed by atoms with E-state index >= 15 is 0 Å². The molecule has 0 amide bonds. The molecular weight excluding hydrogens is 160 g/mol. The minimum atomic E-state index is 0.274. The molecule has 0 unspecified atom stereocenters. The van der Waals surface area contributed by atoms with Gasteiger partial charge < -0.3 is 5.11 Å². The van der Waals surface area contributed by atoms with E-state index in [0.717, 1.165) is 19.3 Å². The zero-order valence-electron chi connectivity index (χ0n) is 8.54. The first-order valence-electron chi connectivity index (χ1n) is 5.28. The second kappa shape index (κ2) is 11.4. The molecule has 0 aliphatic rings. The van der Waals surface area contributed by atoms with Gasteiger partial charge >= 0.3 is 0 Å². The zero-order valence-corrected chi connectivity index (χ0v) is 8.54. The van der Waals surface area contributed by atoms with Crippen molar-refractivity contribution in [3.63, 3.8) is 0 Å². The lowest BCUT2D eigenvalue weighted by Gasteiger charge is -1.96. The monoisotopic (exact) mass is 182 g/mol. The molecule has 0 fully saturated rings. The molecule has 0 spiro atoms. The van der Waals surface area contributed by atoms with Crippen molar-refractivity contribution in [3.8, 4) is 0 Å². The van der Waals surface area contributed by atoms with Crippen LogP contribution in [0, 0.1) is 0 Å². The largest absolute Gasteiger partial charge is 0.396 e. The topological polar surface area (TPSA) is 20.2 Å². The van der Waals surface area contributed by atoms with Crippen LogP contribution in [0.1, 0.15) is 44.9 Å². The molecule has 0 saturated carbocycles. The van der Waals surface area contributed by atoms with Crippen LogP contribution >= 0.6 is 0 Å². The number of hydrogen-bond donors (Lipinski definition) is 1. The molecule has 1 heteroatoms. The Morgan fingerprint density at radius 3 is 2.08 bits per heavy atom. The van der Waals surface area contributed by atoms with Crippen LogP contribution < -0.4 is 0 Å². The molecule has 0 aromatic heterocycles. The smallest absolute Gasteiger partial charge is 0.0465 e. The third-order valence-electron chi connectivity index (χ3n) is 1.99. The summed E-state index contributed by atoms with van der Waals surface area (Å²) in [6.07, 6.45) is 14.5. The third-order valence-corrected chi connectivity index (χ3v) is 1.99. The summed E-state index contributed by atoms with van der Waals surface area (Å²) in [5.41, 5.74) is 0. The maximum atomic E-state index is 8.51. The Balaban J connectivity index is 2.94. The van der Waals surface area contributed by atoms with Crippen LogP contribution in [0.5, 0.6) is 0 Å². The maximum absolute atomic E-state index is 8.51. The average Bonchev–Trinajstić information content (AvgIpc) is 2.16. The summed E-state index contributed by atoms with van der Waals surface area (Å²) in [6, 6.07) is 0. The number of allylic oxidation sites excluding steroid dienone is 2. The highest BCUT2D eigenvalue weighted by Gasteiger charge is 1.86. The minimum absolute atomic E-state index is 0.274. The van der Waals surface area contributed by atoms with E-state index in [9.17, 15) is 0 Å². The summed E-state index contributed by atoms with van der Waals surface area (Å²) in [4.78, 5) is 0. The highest BCUT2D eigenvalue weighted by Crippen LogP contribution is 2.05. The molecule has 13 heavy (non-hydrogen) atoms. The third kappa shape index (κ3) is 11.4. The molecule has 0 atom stereocenters. The molecule has 0 bridgehead atoms. The number of hydrogen-bond acceptors (Lipinski definition) is 1. The van der Waals surface area contributed by atoms with Crippen LogP contribution in [-0.4, -0.2) is 11.7 Å². The Hall–Kier alpha value is -0.560. The van der Waals surface area contributed by atoms with Gasteiger partial charge in [0, 0.05) is 6.61 Å². The quantitative estimate of drug-likeness (QED) is 0.428. The molecule has 1 nitrogen and oxygen atoms in total. The van der Waals surface area contributed by atoms with Gasteiger partial charge in [0.15, 0.2) is 0 Å². The first-order chi connectivity index (χ1) is 6.41. The predicted octanol–water partition coefficient (Wildman–Crippen LogP) is 3.45. The number of aliphatic hydroxyl groups excluding tert-OH is 1. The van der Waals surface area contributed by atoms with Crippen molar-refractivity contribution >= 4 is 0 Å². The van der Waals surface area contributed by atoms with Crippen LogP contribution in [0.2, 0.25) is 0 Å². The van der Waals surface area contributed by atoms with Gasteiger partial charge in [0.2, 0.25) is 0 Å². The Morgan fingerprint density at radius 1 is 0.846 bits per heavy atom. The first kappa shape index (κ1) is 12.4. The van der Waals surface area contributed by atoms with Gasteiger partial charge in [-0.05, 0) is 32.1 Å². The number of aliphatic hydroxyl groups is 1. The normalized spacial score (nSPS) is 10.8. The van der Waals surface area contributed by atoms with Crippen LogP contribution in [0.4, 0.5) is 0 Å². The summed E-state index contributed by atoms with van der Waals surface area (Å²) in [6.45, 7) is 3.97. The number of unbranched alkanes of at least 4 members (excludes halogenated alkanes) is 5. The maximum Gasteiger partial charge on any atom is 0.0465 e. The minimum Gasteiger partial charge on any atom is -0.396 e. The lowest BCUT2D eigenvalue weighted by molar-refractivity contribution is 0.302. The van der Waals surface area contributed by atoms with E-state index in [4.69, 9.17) is 5.11 Å². The van der Waals surface area contributed by atoms with E-state index in [-0.39, 0.29) is 6.61 Å².